The van der Waals surface area contributed by atoms with Crippen molar-refractivity contribution in [3.05, 3.63) is 53.6 Å². The maximum absolute atomic E-state index is 13.5. The molecule has 2 amide bonds. The Balaban J connectivity index is 1.72. The Morgan fingerprint density at radius 3 is 2.45 bits per heavy atom. The van der Waals surface area contributed by atoms with Gasteiger partial charge in [0.2, 0.25) is 11.8 Å². The number of halogens is 2. The van der Waals surface area contributed by atoms with E-state index in [-0.39, 0.29) is 30.5 Å². The Hall–Kier alpha value is -3.16. The molecule has 2 unspecified atom stereocenters. The van der Waals surface area contributed by atoms with Gasteiger partial charge in [-0.2, -0.15) is 0 Å². The highest BCUT2D eigenvalue weighted by molar-refractivity contribution is 6.00. The third-order valence-corrected chi connectivity index (χ3v) is 4.92. The van der Waals surface area contributed by atoms with E-state index < -0.39 is 23.6 Å². The number of benzene rings is 2. The Morgan fingerprint density at radius 1 is 1.14 bits per heavy atom. The van der Waals surface area contributed by atoms with Gasteiger partial charge in [-0.15, -0.1) is 0 Å². The highest BCUT2D eigenvalue weighted by Crippen LogP contribution is 2.31. The lowest BCUT2D eigenvalue weighted by molar-refractivity contribution is -0.126. The number of rotatable bonds is 6. The van der Waals surface area contributed by atoms with Crippen molar-refractivity contribution in [2.45, 2.75) is 19.4 Å². The summed E-state index contributed by atoms with van der Waals surface area (Å²) >= 11 is 0. The average molecular weight is 404 g/mol. The molecule has 2 aromatic rings. The Labute approximate surface area is 167 Å². The highest BCUT2D eigenvalue weighted by Gasteiger charge is 2.36. The summed E-state index contributed by atoms with van der Waals surface area (Å²) in [5.41, 5.74) is 0.832. The number of anilines is 1. The molecule has 154 valence electrons. The van der Waals surface area contributed by atoms with Crippen LogP contribution in [-0.4, -0.2) is 32.6 Å². The van der Waals surface area contributed by atoms with Gasteiger partial charge in [0.25, 0.3) is 0 Å². The SMILES string of the molecule is COc1ccc(OC)c(C(C)NC(=O)C2CC(=O)N(c3cc(F)cc(F)c3)C2)c1. The molecule has 3 rings (SSSR count). The minimum atomic E-state index is -0.778. The van der Waals surface area contributed by atoms with Gasteiger partial charge < -0.3 is 19.7 Å². The third kappa shape index (κ3) is 4.47. The van der Waals surface area contributed by atoms with Crippen molar-refractivity contribution in [3.8, 4) is 11.5 Å². The van der Waals surface area contributed by atoms with Crippen LogP contribution in [0.4, 0.5) is 14.5 Å². The molecule has 0 saturated carbocycles. The van der Waals surface area contributed by atoms with E-state index in [0.717, 1.165) is 23.8 Å². The molecule has 1 N–H and O–H groups in total. The normalized spacial score (nSPS) is 17.2. The summed E-state index contributed by atoms with van der Waals surface area (Å²) in [5, 5.41) is 2.88. The smallest absolute Gasteiger partial charge is 0.227 e. The zero-order valence-corrected chi connectivity index (χ0v) is 16.4. The monoisotopic (exact) mass is 404 g/mol. The fourth-order valence-corrected chi connectivity index (χ4v) is 3.41. The molecule has 1 fully saturated rings. The molecule has 6 nitrogen and oxygen atoms in total. The van der Waals surface area contributed by atoms with Crippen molar-refractivity contribution in [1.82, 2.24) is 5.32 Å². The molecule has 0 radical (unpaired) electrons. The predicted octanol–water partition coefficient (Wildman–Crippen LogP) is 3.21. The minimum Gasteiger partial charge on any atom is -0.497 e. The number of ether oxygens (including phenoxy) is 2. The molecular weight excluding hydrogens is 382 g/mol. The van der Waals surface area contributed by atoms with Crippen molar-refractivity contribution < 1.29 is 27.8 Å². The van der Waals surface area contributed by atoms with Crippen molar-refractivity contribution in [2.75, 3.05) is 25.7 Å². The van der Waals surface area contributed by atoms with Crippen LogP contribution in [0.2, 0.25) is 0 Å². The molecule has 1 saturated heterocycles. The first-order valence-electron chi connectivity index (χ1n) is 9.11. The van der Waals surface area contributed by atoms with Crippen molar-refractivity contribution in [3.63, 3.8) is 0 Å². The number of nitrogens with one attached hydrogen (secondary N) is 1. The summed E-state index contributed by atoms with van der Waals surface area (Å²) in [4.78, 5) is 26.3. The Morgan fingerprint density at radius 2 is 1.83 bits per heavy atom. The van der Waals surface area contributed by atoms with Crippen LogP contribution in [0.1, 0.15) is 24.9 Å². The molecule has 1 aliphatic rings. The molecule has 0 aromatic heterocycles. The zero-order chi connectivity index (χ0) is 21.1. The first-order chi connectivity index (χ1) is 13.8. The van der Waals surface area contributed by atoms with E-state index in [1.165, 1.54) is 12.0 Å². The summed E-state index contributed by atoms with van der Waals surface area (Å²) in [6.07, 6.45) is -0.0358. The number of hydrogen-bond acceptors (Lipinski definition) is 4. The zero-order valence-electron chi connectivity index (χ0n) is 16.4. The molecule has 0 bridgehead atoms. The molecule has 1 aliphatic heterocycles. The molecule has 8 heteroatoms. The van der Waals surface area contributed by atoms with E-state index in [2.05, 4.69) is 5.32 Å². The number of hydrogen-bond donors (Lipinski definition) is 1. The van der Waals surface area contributed by atoms with Gasteiger partial charge in [-0.25, -0.2) is 8.78 Å². The highest BCUT2D eigenvalue weighted by atomic mass is 19.1. The molecule has 0 spiro atoms. The number of methoxy groups -OCH3 is 2. The number of carbonyl (C=O) groups excluding carboxylic acids is 2. The van der Waals surface area contributed by atoms with Crippen LogP contribution >= 0.6 is 0 Å². The summed E-state index contributed by atoms with van der Waals surface area (Å²) < 4.78 is 37.5. The molecule has 1 heterocycles. The topological polar surface area (TPSA) is 67.9 Å². The van der Waals surface area contributed by atoms with E-state index in [9.17, 15) is 18.4 Å². The van der Waals surface area contributed by atoms with Crippen LogP contribution in [0.25, 0.3) is 0 Å². The summed E-state index contributed by atoms with van der Waals surface area (Å²) in [6.45, 7) is 1.85. The Bertz CT molecular complexity index is 915. The molecule has 0 aliphatic carbocycles. The van der Waals surface area contributed by atoms with Gasteiger partial charge in [-0.1, -0.05) is 0 Å². The third-order valence-electron chi connectivity index (χ3n) is 4.92. The minimum absolute atomic E-state index is 0.0358. The first-order valence-corrected chi connectivity index (χ1v) is 9.11. The van der Waals surface area contributed by atoms with Gasteiger partial charge in [0.05, 0.1) is 26.2 Å². The van der Waals surface area contributed by atoms with Crippen molar-refractivity contribution in [1.29, 1.82) is 0 Å². The fourth-order valence-electron chi connectivity index (χ4n) is 3.41. The van der Waals surface area contributed by atoms with Crippen molar-refractivity contribution >= 4 is 17.5 Å². The molecule has 29 heavy (non-hydrogen) atoms. The number of nitrogens with zero attached hydrogens (tertiary/aromatic N) is 1. The van der Waals surface area contributed by atoms with E-state index >= 15 is 0 Å². The van der Waals surface area contributed by atoms with E-state index in [0.29, 0.717) is 11.5 Å². The predicted molar refractivity (Wildman–Crippen MR) is 103 cm³/mol. The van der Waals surface area contributed by atoms with Gasteiger partial charge in [0.1, 0.15) is 23.1 Å². The van der Waals surface area contributed by atoms with Gasteiger partial charge in [-0.05, 0) is 37.3 Å². The maximum Gasteiger partial charge on any atom is 0.227 e. The van der Waals surface area contributed by atoms with Gasteiger partial charge >= 0.3 is 0 Å². The van der Waals surface area contributed by atoms with Crippen molar-refractivity contribution in [2.24, 2.45) is 5.92 Å². The van der Waals surface area contributed by atoms with Crippen LogP contribution in [0.15, 0.2) is 36.4 Å². The van der Waals surface area contributed by atoms with Crippen LogP contribution < -0.4 is 19.7 Å². The van der Waals surface area contributed by atoms with Crippen LogP contribution in [0.5, 0.6) is 11.5 Å². The number of amides is 2. The fraction of sp³-hybridized carbons (Fsp3) is 0.333. The summed E-state index contributed by atoms with van der Waals surface area (Å²) in [5.74, 6) is -1.65. The second-order valence-electron chi connectivity index (χ2n) is 6.87. The average Bonchev–Trinajstić information content (AvgIpc) is 3.08. The van der Waals surface area contributed by atoms with Gasteiger partial charge in [-0.3, -0.25) is 9.59 Å². The lowest BCUT2D eigenvalue weighted by atomic mass is 10.0. The van der Waals surface area contributed by atoms with E-state index in [4.69, 9.17) is 9.47 Å². The first kappa shape index (κ1) is 20.6. The summed E-state index contributed by atoms with van der Waals surface area (Å²) in [7, 11) is 3.08. The summed E-state index contributed by atoms with van der Waals surface area (Å²) in [6, 6.07) is 7.75. The number of carbonyl (C=O) groups is 2. The standard InChI is InChI=1S/C21H22F2N2O4/c1-12(18-10-17(28-2)4-5-19(18)29-3)24-21(27)13-6-20(26)25(11-13)16-8-14(22)7-15(23)9-16/h4-5,7-10,12-13H,6,11H2,1-3H3,(H,24,27). The Kier molecular flexibility index (Phi) is 6.00. The second kappa shape index (κ2) is 8.46. The largest absolute Gasteiger partial charge is 0.497 e. The van der Waals surface area contributed by atoms with Gasteiger partial charge in [0, 0.05) is 30.3 Å². The van der Waals surface area contributed by atoms with Crippen LogP contribution in [0.3, 0.4) is 0 Å². The van der Waals surface area contributed by atoms with Crippen LogP contribution in [-0.2, 0) is 9.59 Å². The second-order valence-corrected chi connectivity index (χ2v) is 6.87. The van der Waals surface area contributed by atoms with Gasteiger partial charge in [0.15, 0.2) is 0 Å². The van der Waals surface area contributed by atoms with Crippen LogP contribution in [0, 0.1) is 17.6 Å². The van der Waals surface area contributed by atoms with E-state index in [1.54, 1.807) is 32.2 Å². The molecule has 2 aromatic carbocycles. The molecular formula is C21H22F2N2O4. The quantitative estimate of drug-likeness (QED) is 0.803. The van der Waals surface area contributed by atoms with E-state index in [1.807, 2.05) is 0 Å². The maximum atomic E-state index is 13.5. The molecule has 2 atom stereocenters. The lowest BCUT2D eigenvalue weighted by Gasteiger charge is -2.20. The lowest BCUT2D eigenvalue weighted by Crippen LogP contribution is -2.34.